The van der Waals surface area contributed by atoms with Crippen LogP contribution in [0.25, 0.3) is 0 Å². The molecule has 6 heteroatoms. The lowest BCUT2D eigenvalue weighted by Gasteiger charge is -2.26. The molecule has 0 bridgehead atoms. The van der Waals surface area contributed by atoms with Crippen LogP contribution in [0.5, 0.6) is 5.75 Å². The molecule has 1 aromatic heterocycles. The number of fused-ring (bicyclic) bond motifs is 1. The van der Waals surface area contributed by atoms with E-state index in [1.54, 1.807) is 18.3 Å². The van der Waals surface area contributed by atoms with Crippen molar-refractivity contribution in [2.45, 2.75) is 35.0 Å². The summed E-state index contributed by atoms with van der Waals surface area (Å²) in [6, 6.07) is 14.2. The molecular formula is C23H20FNO3S. The summed E-state index contributed by atoms with van der Waals surface area (Å²) in [5, 5.41) is 9.36. The molecule has 4 rings (SSSR count). The lowest BCUT2D eigenvalue weighted by atomic mass is 9.87. The van der Waals surface area contributed by atoms with Gasteiger partial charge < -0.3 is 9.84 Å². The Morgan fingerprint density at radius 3 is 2.90 bits per heavy atom. The maximum Gasteiger partial charge on any atom is 0.336 e. The molecule has 0 saturated heterocycles. The third-order valence-corrected chi connectivity index (χ3v) is 6.06. The van der Waals surface area contributed by atoms with Crippen LogP contribution in [0.4, 0.5) is 4.39 Å². The highest BCUT2D eigenvalue weighted by atomic mass is 32.2. The van der Waals surface area contributed by atoms with Gasteiger partial charge in [0.1, 0.15) is 11.6 Å². The molecule has 1 N–H and O–H groups in total. The highest BCUT2D eigenvalue weighted by Crippen LogP contribution is 2.40. The first-order valence-electron chi connectivity index (χ1n) is 9.46. The average Bonchev–Trinajstić information content (AvgIpc) is 2.72. The van der Waals surface area contributed by atoms with Crippen LogP contribution in [0, 0.1) is 5.82 Å². The number of aryl methyl sites for hydroxylation is 1. The van der Waals surface area contributed by atoms with Crippen LogP contribution in [0.3, 0.4) is 0 Å². The van der Waals surface area contributed by atoms with E-state index in [0.29, 0.717) is 24.5 Å². The van der Waals surface area contributed by atoms with Crippen molar-refractivity contribution in [3.63, 3.8) is 0 Å². The molecule has 0 spiro atoms. The Kier molecular flexibility index (Phi) is 5.81. The topological polar surface area (TPSA) is 59.4 Å². The number of halogens is 1. The Morgan fingerprint density at radius 2 is 2.07 bits per heavy atom. The molecule has 0 radical (unpaired) electrons. The molecule has 0 amide bonds. The van der Waals surface area contributed by atoms with Crippen molar-refractivity contribution in [1.82, 2.24) is 4.98 Å². The van der Waals surface area contributed by atoms with Crippen LogP contribution < -0.4 is 4.74 Å². The van der Waals surface area contributed by atoms with Gasteiger partial charge in [-0.25, -0.2) is 9.18 Å². The Bertz CT molecular complexity index is 1040. The summed E-state index contributed by atoms with van der Waals surface area (Å²) in [5.74, 6) is -0.0182. The molecule has 2 heterocycles. The molecule has 1 atom stereocenters. The summed E-state index contributed by atoms with van der Waals surface area (Å²) in [7, 11) is 0. The van der Waals surface area contributed by atoms with E-state index in [-0.39, 0.29) is 5.82 Å². The molecule has 29 heavy (non-hydrogen) atoms. The van der Waals surface area contributed by atoms with Crippen LogP contribution in [0.1, 0.15) is 40.2 Å². The molecule has 1 aliphatic heterocycles. The number of benzene rings is 2. The van der Waals surface area contributed by atoms with Crippen molar-refractivity contribution in [3.8, 4) is 5.75 Å². The van der Waals surface area contributed by atoms with E-state index >= 15 is 0 Å². The van der Waals surface area contributed by atoms with Crippen LogP contribution in [0.15, 0.2) is 70.7 Å². The van der Waals surface area contributed by atoms with Gasteiger partial charge in [0.15, 0.2) is 0 Å². The fourth-order valence-electron chi connectivity index (χ4n) is 3.64. The van der Waals surface area contributed by atoms with Gasteiger partial charge in [0.25, 0.3) is 0 Å². The number of aromatic carboxylic acids is 1. The second kappa shape index (κ2) is 8.66. The minimum atomic E-state index is -0.922. The largest absolute Gasteiger partial charge is 0.493 e. The molecule has 0 fully saturated rings. The summed E-state index contributed by atoms with van der Waals surface area (Å²) in [6.07, 6.45) is 5.53. The molecule has 0 saturated carbocycles. The zero-order valence-electron chi connectivity index (χ0n) is 15.7. The van der Waals surface area contributed by atoms with Crippen LogP contribution in [0.2, 0.25) is 0 Å². The third kappa shape index (κ3) is 4.59. The second-order valence-electron chi connectivity index (χ2n) is 6.97. The standard InChI is InChI=1S/C23H20FNO3S/c24-17-2-1-3-18(12-17)29-19-6-7-20-15(9-11-28-22(20)13-19)4-5-16-14-25-10-8-21(16)23(26)27/h1-3,6-8,10,12-15H,4-5,9,11H2,(H,26,27). The fraction of sp³-hybridized carbons (Fsp3) is 0.217. The van der Waals surface area contributed by atoms with Gasteiger partial charge in [-0.3, -0.25) is 4.98 Å². The number of nitrogens with zero attached hydrogens (tertiary/aromatic N) is 1. The normalized spacial score (nSPS) is 15.4. The Hall–Kier alpha value is -2.86. The van der Waals surface area contributed by atoms with Crippen LogP contribution in [-0.4, -0.2) is 22.7 Å². The van der Waals surface area contributed by atoms with E-state index in [1.807, 2.05) is 18.2 Å². The van der Waals surface area contributed by atoms with E-state index in [0.717, 1.165) is 39.5 Å². The maximum atomic E-state index is 13.4. The summed E-state index contributed by atoms with van der Waals surface area (Å²) in [4.78, 5) is 17.3. The molecule has 1 unspecified atom stereocenters. The van der Waals surface area contributed by atoms with E-state index in [1.165, 1.54) is 30.1 Å². The molecular weight excluding hydrogens is 389 g/mol. The van der Waals surface area contributed by atoms with Crippen molar-refractivity contribution in [1.29, 1.82) is 0 Å². The van der Waals surface area contributed by atoms with E-state index in [4.69, 9.17) is 4.74 Å². The van der Waals surface area contributed by atoms with E-state index in [2.05, 4.69) is 11.1 Å². The van der Waals surface area contributed by atoms with E-state index < -0.39 is 5.97 Å². The maximum absolute atomic E-state index is 13.4. The van der Waals surface area contributed by atoms with Crippen molar-refractivity contribution in [2.75, 3.05) is 6.61 Å². The lowest BCUT2D eigenvalue weighted by Crippen LogP contribution is -2.15. The predicted octanol–water partition coefficient (Wildman–Crippen LogP) is 5.57. The first-order chi connectivity index (χ1) is 14.1. The molecule has 148 valence electrons. The number of ether oxygens (including phenoxy) is 1. The minimum Gasteiger partial charge on any atom is -0.493 e. The predicted molar refractivity (Wildman–Crippen MR) is 109 cm³/mol. The smallest absolute Gasteiger partial charge is 0.336 e. The number of rotatable bonds is 6. The summed E-state index contributed by atoms with van der Waals surface area (Å²) >= 11 is 1.50. The highest BCUT2D eigenvalue weighted by molar-refractivity contribution is 7.99. The first kappa shape index (κ1) is 19.5. The van der Waals surface area contributed by atoms with Gasteiger partial charge in [-0.1, -0.05) is 23.9 Å². The van der Waals surface area contributed by atoms with Gasteiger partial charge in [-0.05, 0) is 72.7 Å². The first-order valence-corrected chi connectivity index (χ1v) is 10.3. The molecule has 4 nitrogen and oxygen atoms in total. The van der Waals surface area contributed by atoms with Crippen molar-refractivity contribution < 1.29 is 19.0 Å². The van der Waals surface area contributed by atoms with Crippen LogP contribution in [-0.2, 0) is 6.42 Å². The molecule has 1 aliphatic rings. The summed E-state index contributed by atoms with van der Waals surface area (Å²) in [5.41, 5.74) is 2.21. The van der Waals surface area contributed by atoms with Gasteiger partial charge in [-0.2, -0.15) is 0 Å². The summed E-state index contributed by atoms with van der Waals surface area (Å²) in [6.45, 7) is 0.630. The van der Waals surface area contributed by atoms with Crippen molar-refractivity contribution in [2.24, 2.45) is 0 Å². The zero-order chi connectivity index (χ0) is 20.2. The highest BCUT2D eigenvalue weighted by Gasteiger charge is 2.22. The summed E-state index contributed by atoms with van der Waals surface area (Å²) < 4.78 is 19.3. The molecule has 3 aromatic rings. The number of aromatic nitrogens is 1. The number of hydrogen-bond donors (Lipinski definition) is 1. The molecule has 0 aliphatic carbocycles. The number of carboxylic acids is 1. The fourth-order valence-corrected chi connectivity index (χ4v) is 4.53. The number of carboxylic acid groups (broad SMARTS) is 1. The number of hydrogen-bond acceptors (Lipinski definition) is 4. The van der Waals surface area contributed by atoms with E-state index in [9.17, 15) is 14.3 Å². The third-order valence-electron chi connectivity index (χ3n) is 5.08. The SMILES string of the molecule is O=C(O)c1ccncc1CCC1CCOc2cc(Sc3cccc(F)c3)ccc21. The van der Waals surface area contributed by atoms with Gasteiger partial charge >= 0.3 is 5.97 Å². The quantitative estimate of drug-likeness (QED) is 0.577. The van der Waals surface area contributed by atoms with Gasteiger partial charge in [0, 0.05) is 22.2 Å². The number of carbonyl (C=O) groups is 1. The monoisotopic (exact) mass is 409 g/mol. The van der Waals surface area contributed by atoms with Gasteiger partial charge in [0.2, 0.25) is 0 Å². The Labute approximate surface area is 172 Å². The molecule has 2 aromatic carbocycles. The zero-order valence-corrected chi connectivity index (χ0v) is 16.5. The Morgan fingerprint density at radius 1 is 1.21 bits per heavy atom. The van der Waals surface area contributed by atoms with Crippen molar-refractivity contribution in [3.05, 3.63) is 83.4 Å². The number of pyridine rings is 1. The van der Waals surface area contributed by atoms with Crippen LogP contribution >= 0.6 is 11.8 Å². The van der Waals surface area contributed by atoms with Gasteiger partial charge in [0.05, 0.1) is 12.2 Å². The average molecular weight is 409 g/mol. The lowest BCUT2D eigenvalue weighted by molar-refractivity contribution is 0.0695. The van der Waals surface area contributed by atoms with Crippen molar-refractivity contribution >= 4 is 17.7 Å². The van der Waals surface area contributed by atoms with Gasteiger partial charge in [-0.15, -0.1) is 0 Å². The Balaban J connectivity index is 1.49. The second-order valence-corrected chi connectivity index (χ2v) is 8.12. The minimum absolute atomic E-state index is 0.250.